The molecule has 0 saturated heterocycles. The van der Waals surface area contributed by atoms with Gasteiger partial charge in [0, 0.05) is 37.7 Å². The zero-order valence-corrected chi connectivity index (χ0v) is 20.7. The Balaban J connectivity index is 0.00000450. The van der Waals surface area contributed by atoms with Gasteiger partial charge >= 0.3 is 0 Å². The van der Waals surface area contributed by atoms with Crippen LogP contribution in [0.25, 0.3) is 0 Å². The number of hydrogen-bond acceptors (Lipinski definition) is 4. The Hall–Kier alpha value is -2.10. The second-order valence-corrected chi connectivity index (χ2v) is 7.01. The molecule has 7 nitrogen and oxygen atoms in total. The molecule has 0 radical (unpaired) electrons. The summed E-state index contributed by atoms with van der Waals surface area (Å²) in [6.45, 7) is 7.42. The minimum atomic E-state index is 0. The van der Waals surface area contributed by atoms with Gasteiger partial charge < -0.3 is 20.5 Å². The smallest absolute Gasteiger partial charge is 0.224 e. The number of amides is 1. The Labute approximate surface area is 196 Å². The van der Waals surface area contributed by atoms with E-state index in [9.17, 15) is 4.79 Å². The summed E-state index contributed by atoms with van der Waals surface area (Å²) < 4.78 is 5.44. The van der Waals surface area contributed by atoms with Crippen LogP contribution in [0.15, 0.2) is 39.8 Å². The van der Waals surface area contributed by atoms with Gasteiger partial charge in [0.1, 0.15) is 0 Å². The number of anilines is 1. The third-order valence-corrected chi connectivity index (χ3v) is 4.78. The number of benzene rings is 1. The Bertz CT molecular complexity index is 802. The number of rotatable bonds is 10. The quantitative estimate of drug-likeness (QED) is 0.235. The van der Waals surface area contributed by atoms with Gasteiger partial charge in [-0.15, -0.1) is 24.0 Å². The zero-order chi connectivity index (χ0) is 21.1. The average Bonchev–Trinajstić information content (AvgIpc) is 3.18. The third kappa shape index (κ3) is 8.33. The standard InChI is InChI=1S/C22H33N5O2.HI/c1-5-9-21(28)26-18-11-8-10-16(12-18)14-24-22(23-4)25-15-19-13-20(27-29-19)17(6-2)7-3;/h8,10-13,17H,5-7,9,14-15H2,1-4H3,(H,26,28)(H2,23,24,25);1H. The molecule has 2 rings (SSSR count). The van der Waals surface area contributed by atoms with Crippen LogP contribution < -0.4 is 16.0 Å². The van der Waals surface area contributed by atoms with Crippen LogP contribution in [0, 0.1) is 0 Å². The number of aliphatic imine (C=N–C) groups is 1. The number of nitrogens with one attached hydrogen (secondary N) is 3. The van der Waals surface area contributed by atoms with Crippen LogP contribution in [0.2, 0.25) is 0 Å². The summed E-state index contributed by atoms with van der Waals surface area (Å²) in [5.74, 6) is 1.94. The summed E-state index contributed by atoms with van der Waals surface area (Å²) >= 11 is 0. The predicted molar refractivity (Wildman–Crippen MR) is 132 cm³/mol. The number of guanidine groups is 1. The Morgan fingerprint density at radius 2 is 1.87 bits per heavy atom. The predicted octanol–water partition coefficient (Wildman–Crippen LogP) is 4.80. The van der Waals surface area contributed by atoms with Crippen molar-refractivity contribution >= 4 is 41.5 Å². The fourth-order valence-electron chi connectivity index (χ4n) is 3.10. The van der Waals surface area contributed by atoms with Gasteiger partial charge in [-0.2, -0.15) is 0 Å². The molecule has 0 bridgehead atoms. The van der Waals surface area contributed by atoms with Gasteiger partial charge in [0.25, 0.3) is 0 Å². The van der Waals surface area contributed by atoms with E-state index in [0.29, 0.717) is 31.4 Å². The lowest BCUT2D eigenvalue weighted by molar-refractivity contribution is -0.116. The molecule has 0 aliphatic rings. The van der Waals surface area contributed by atoms with Crippen molar-refractivity contribution in [1.29, 1.82) is 0 Å². The molecule has 3 N–H and O–H groups in total. The Morgan fingerprint density at radius 1 is 1.13 bits per heavy atom. The number of hydrogen-bond donors (Lipinski definition) is 3. The van der Waals surface area contributed by atoms with Crippen LogP contribution in [-0.2, 0) is 17.9 Å². The van der Waals surface area contributed by atoms with Gasteiger partial charge in [-0.3, -0.25) is 9.79 Å². The second-order valence-electron chi connectivity index (χ2n) is 7.01. The van der Waals surface area contributed by atoms with Gasteiger partial charge in [-0.1, -0.05) is 38.1 Å². The van der Waals surface area contributed by atoms with Gasteiger partial charge in [-0.25, -0.2) is 0 Å². The summed E-state index contributed by atoms with van der Waals surface area (Å²) in [4.78, 5) is 16.0. The maximum atomic E-state index is 11.8. The van der Waals surface area contributed by atoms with E-state index in [1.807, 2.05) is 37.3 Å². The van der Waals surface area contributed by atoms with E-state index in [1.165, 1.54) is 0 Å². The number of carbonyl (C=O) groups is 1. The highest BCUT2D eigenvalue weighted by Crippen LogP contribution is 2.22. The molecule has 0 aliphatic heterocycles. The Morgan fingerprint density at radius 3 is 2.53 bits per heavy atom. The first-order valence-corrected chi connectivity index (χ1v) is 10.4. The summed E-state index contributed by atoms with van der Waals surface area (Å²) in [5, 5.41) is 13.6. The topological polar surface area (TPSA) is 91.5 Å². The number of halogens is 1. The zero-order valence-electron chi connectivity index (χ0n) is 18.3. The molecular formula is C22H34IN5O2. The van der Waals surface area contributed by atoms with E-state index in [4.69, 9.17) is 4.52 Å². The Kier molecular flexibility index (Phi) is 12.1. The van der Waals surface area contributed by atoms with Crippen LogP contribution in [0.1, 0.15) is 69.4 Å². The first-order valence-electron chi connectivity index (χ1n) is 10.4. The van der Waals surface area contributed by atoms with Crippen molar-refractivity contribution < 1.29 is 9.32 Å². The molecule has 0 aliphatic carbocycles. The molecule has 0 unspecified atom stereocenters. The molecule has 1 heterocycles. The molecule has 0 spiro atoms. The molecular weight excluding hydrogens is 493 g/mol. The van der Waals surface area contributed by atoms with Crippen LogP contribution in [0.5, 0.6) is 0 Å². The van der Waals surface area contributed by atoms with Gasteiger partial charge in [0.2, 0.25) is 5.91 Å². The van der Waals surface area contributed by atoms with E-state index in [0.717, 1.165) is 42.0 Å². The minimum Gasteiger partial charge on any atom is -0.359 e. The SMILES string of the molecule is CCCC(=O)Nc1cccc(CNC(=NC)NCc2cc(C(CC)CC)no2)c1.I. The molecule has 0 atom stereocenters. The second kappa shape index (κ2) is 14.0. The molecule has 1 amide bonds. The van der Waals surface area contributed by atoms with Crippen molar-refractivity contribution in [3.63, 3.8) is 0 Å². The molecule has 2 aromatic rings. The summed E-state index contributed by atoms with van der Waals surface area (Å²) in [5.41, 5.74) is 2.87. The molecule has 1 aromatic carbocycles. The maximum Gasteiger partial charge on any atom is 0.224 e. The van der Waals surface area contributed by atoms with Crippen molar-refractivity contribution in [2.45, 2.75) is 65.5 Å². The van der Waals surface area contributed by atoms with Gasteiger partial charge in [0.05, 0.1) is 12.2 Å². The number of aromatic nitrogens is 1. The molecule has 0 saturated carbocycles. The lowest BCUT2D eigenvalue weighted by Gasteiger charge is -2.12. The van der Waals surface area contributed by atoms with E-state index in [-0.39, 0.29) is 29.9 Å². The van der Waals surface area contributed by atoms with Gasteiger partial charge in [-0.05, 0) is 37.0 Å². The largest absolute Gasteiger partial charge is 0.359 e. The molecule has 166 valence electrons. The normalized spacial score (nSPS) is 11.2. The van der Waals surface area contributed by atoms with Crippen LogP contribution in [0.4, 0.5) is 5.69 Å². The van der Waals surface area contributed by atoms with E-state index in [1.54, 1.807) is 7.05 Å². The average molecular weight is 527 g/mol. The first-order chi connectivity index (χ1) is 14.1. The van der Waals surface area contributed by atoms with Crippen LogP contribution in [-0.4, -0.2) is 24.1 Å². The summed E-state index contributed by atoms with van der Waals surface area (Å²) in [7, 11) is 1.73. The third-order valence-electron chi connectivity index (χ3n) is 4.78. The highest BCUT2D eigenvalue weighted by molar-refractivity contribution is 14.0. The summed E-state index contributed by atoms with van der Waals surface area (Å²) in [6, 6.07) is 9.81. The fourth-order valence-corrected chi connectivity index (χ4v) is 3.10. The molecule has 8 heteroatoms. The number of nitrogens with zero attached hydrogens (tertiary/aromatic N) is 2. The van der Waals surface area contributed by atoms with Crippen molar-refractivity contribution in [1.82, 2.24) is 15.8 Å². The molecule has 1 aromatic heterocycles. The van der Waals surface area contributed by atoms with E-state index in [2.05, 4.69) is 39.9 Å². The number of carbonyl (C=O) groups excluding carboxylic acids is 1. The molecule has 0 fully saturated rings. The van der Waals surface area contributed by atoms with Crippen molar-refractivity contribution in [2.75, 3.05) is 12.4 Å². The highest BCUT2D eigenvalue weighted by Gasteiger charge is 2.13. The van der Waals surface area contributed by atoms with E-state index < -0.39 is 0 Å². The highest BCUT2D eigenvalue weighted by atomic mass is 127. The molecule has 30 heavy (non-hydrogen) atoms. The van der Waals surface area contributed by atoms with Crippen molar-refractivity contribution in [2.24, 2.45) is 4.99 Å². The minimum absolute atomic E-state index is 0. The first kappa shape index (κ1) is 25.9. The lowest BCUT2D eigenvalue weighted by atomic mass is 9.99. The maximum absolute atomic E-state index is 11.8. The van der Waals surface area contributed by atoms with Crippen molar-refractivity contribution in [3.05, 3.63) is 47.3 Å². The summed E-state index contributed by atoms with van der Waals surface area (Å²) in [6.07, 6.45) is 3.47. The van der Waals surface area contributed by atoms with Gasteiger partial charge in [0.15, 0.2) is 11.7 Å². The fraction of sp³-hybridized carbons (Fsp3) is 0.500. The van der Waals surface area contributed by atoms with Crippen LogP contribution >= 0.6 is 24.0 Å². The van der Waals surface area contributed by atoms with Crippen LogP contribution in [0.3, 0.4) is 0 Å². The van der Waals surface area contributed by atoms with E-state index >= 15 is 0 Å². The monoisotopic (exact) mass is 527 g/mol. The lowest BCUT2D eigenvalue weighted by Crippen LogP contribution is -2.36. The van der Waals surface area contributed by atoms with Crippen molar-refractivity contribution in [3.8, 4) is 0 Å².